The average Bonchev–Trinajstić information content (AvgIpc) is 3.69. The van der Waals surface area contributed by atoms with E-state index in [9.17, 15) is 27.6 Å². The van der Waals surface area contributed by atoms with Gasteiger partial charge in [0.25, 0.3) is 11.8 Å². The summed E-state index contributed by atoms with van der Waals surface area (Å²) in [5, 5.41) is 2.64. The maximum absolute atomic E-state index is 14.7. The van der Waals surface area contributed by atoms with Crippen molar-refractivity contribution in [2.75, 3.05) is 54.5 Å². The molecule has 3 aromatic heterocycles. The zero-order valence-electron chi connectivity index (χ0n) is 33.1. The molecule has 1 atom stereocenters. The molecule has 4 aliphatic rings. The van der Waals surface area contributed by atoms with E-state index in [2.05, 4.69) is 40.3 Å². The van der Waals surface area contributed by atoms with E-state index in [0.29, 0.717) is 74.0 Å². The maximum Gasteiger partial charge on any atom is 0.409 e. The molecule has 6 heterocycles. The Bertz CT molecular complexity index is 2350. The van der Waals surface area contributed by atoms with E-state index in [1.54, 1.807) is 30.4 Å². The molecular formula is C42H47F3N8O5. The number of ether oxygens (including phenoxy) is 2. The molecule has 1 aliphatic carbocycles. The first-order chi connectivity index (χ1) is 27.6. The number of rotatable bonds is 8. The van der Waals surface area contributed by atoms with Crippen molar-refractivity contribution in [1.82, 2.24) is 24.0 Å². The van der Waals surface area contributed by atoms with Crippen LogP contribution in [-0.4, -0.2) is 93.5 Å². The summed E-state index contributed by atoms with van der Waals surface area (Å²) in [6.07, 6.45) is 2.80. The van der Waals surface area contributed by atoms with Crippen molar-refractivity contribution in [1.29, 1.82) is 0 Å². The van der Waals surface area contributed by atoms with Gasteiger partial charge in [-0.25, -0.2) is 9.97 Å². The number of halogens is 3. The Morgan fingerprint density at radius 1 is 1.07 bits per heavy atom. The standard InChI is InChI=1S/C42H47F3N8O5/c1-6-36(54)47-30-20-28(7-8-32(30)52-14-13-50(24-35(52)42(43,44)45)27-10-17-57-18-11-27)58-38-40(56)49(5)23-31(48-38)29-9-12-46-37(25(29)2)53-16-15-51-33(39(53)55)19-26-21-41(3,4)22-34(26)51/h6-9,12,19-20,23,27,35H,1,10-11,13-18,21-22,24H2,2-5H3,(H,47,54). The van der Waals surface area contributed by atoms with Crippen molar-refractivity contribution in [3.63, 3.8) is 0 Å². The van der Waals surface area contributed by atoms with Gasteiger partial charge >= 0.3 is 11.7 Å². The Balaban J connectivity index is 1.08. The van der Waals surface area contributed by atoms with Crippen molar-refractivity contribution in [3.05, 3.63) is 88.2 Å². The number of pyridine rings is 1. The Hall–Kier alpha value is -5.48. The highest BCUT2D eigenvalue weighted by molar-refractivity contribution is 6.06. The molecule has 2 amide bonds. The van der Waals surface area contributed by atoms with Crippen LogP contribution in [0.3, 0.4) is 0 Å². The smallest absolute Gasteiger partial charge is 0.409 e. The summed E-state index contributed by atoms with van der Waals surface area (Å²) in [4.78, 5) is 54.0. The number of fused-ring (bicyclic) bond motifs is 3. The van der Waals surface area contributed by atoms with Crippen LogP contribution in [0.15, 0.2) is 60.2 Å². The molecule has 0 bridgehead atoms. The van der Waals surface area contributed by atoms with E-state index < -0.39 is 23.7 Å². The first-order valence-corrected chi connectivity index (χ1v) is 19.6. The number of carbonyl (C=O) groups is 2. The van der Waals surface area contributed by atoms with Gasteiger partial charge in [0.15, 0.2) is 0 Å². The highest BCUT2D eigenvalue weighted by Gasteiger charge is 2.48. The van der Waals surface area contributed by atoms with Gasteiger partial charge < -0.3 is 28.8 Å². The van der Waals surface area contributed by atoms with Gasteiger partial charge in [-0.05, 0) is 73.9 Å². The number of anilines is 3. The van der Waals surface area contributed by atoms with Crippen LogP contribution in [0.25, 0.3) is 11.3 Å². The van der Waals surface area contributed by atoms with Crippen LogP contribution in [0, 0.1) is 12.3 Å². The summed E-state index contributed by atoms with van der Waals surface area (Å²) in [6.45, 7) is 12.2. The Labute approximate surface area is 334 Å². The van der Waals surface area contributed by atoms with Crippen molar-refractivity contribution in [2.24, 2.45) is 12.5 Å². The second kappa shape index (κ2) is 15.0. The SMILES string of the molecule is C=CC(=O)Nc1cc(Oc2nc(-c3ccnc(N4CCn5c(cc6c5CC(C)(C)C6)C4=O)c3C)cn(C)c2=O)ccc1N1CCN(C2CCOCC2)CC1C(F)(F)F. The van der Waals surface area contributed by atoms with E-state index in [0.717, 1.165) is 18.9 Å². The normalized spacial score (nSPS) is 19.8. The highest BCUT2D eigenvalue weighted by Crippen LogP contribution is 2.41. The number of piperazine rings is 1. The van der Waals surface area contributed by atoms with Crippen LogP contribution in [0.2, 0.25) is 0 Å². The molecule has 0 saturated carbocycles. The van der Waals surface area contributed by atoms with Gasteiger partial charge in [-0.15, -0.1) is 0 Å². The van der Waals surface area contributed by atoms with Crippen molar-refractivity contribution >= 4 is 29.0 Å². The quantitative estimate of drug-likeness (QED) is 0.217. The minimum absolute atomic E-state index is 0.00114. The van der Waals surface area contributed by atoms with Crippen molar-refractivity contribution in [3.8, 4) is 22.9 Å². The third-order valence-electron chi connectivity index (χ3n) is 11.8. The number of aryl methyl sites for hydroxylation is 1. The summed E-state index contributed by atoms with van der Waals surface area (Å²) in [5.74, 6) is -0.504. The molecule has 16 heteroatoms. The lowest BCUT2D eigenvalue weighted by Gasteiger charge is -2.47. The molecule has 1 unspecified atom stereocenters. The van der Waals surface area contributed by atoms with Crippen LogP contribution in [-0.2, 0) is 36.0 Å². The second-order valence-corrected chi connectivity index (χ2v) is 16.3. The Kier molecular flexibility index (Phi) is 10.2. The zero-order valence-corrected chi connectivity index (χ0v) is 33.1. The third-order valence-corrected chi connectivity index (χ3v) is 11.8. The minimum Gasteiger partial charge on any atom is -0.435 e. The molecule has 1 N–H and O–H groups in total. The predicted octanol–water partition coefficient (Wildman–Crippen LogP) is 5.89. The fraction of sp³-hybridized carbons (Fsp3) is 0.452. The number of hydrogen-bond donors (Lipinski definition) is 1. The number of alkyl halides is 3. The number of nitrogens with one attached hydrogen (secondary N) is 1. The summed E-state index contributed by atoms with van der Waals surface area (Å²) < 4.78 is 59.1. The van der Waals surface area contributed by atoms with Gasteiger partial charge in [0, 0.05) is 94.3 Å². The van der Waals surface area contributed by atoms with E-state index in [1.807, 2.05) is 17.9 Å². The Morgan fingerprint density at radius 2 is 1.84 bits per heavy atom. The van der Waals surface area contributed by atoms with Crippen LogP contribution >= 0.6 is 0 Å². The van der Waals surface area contributed by atoms with Gasteiger partial charge in [0.2, 0.25) is 5.91 Å². The lowest BCUT2D eigenvalue weighted by molar-refractivity contribution is -0.159. The van der Waals surface area contributed by atoms with Crippen molar-refractivity contribution in [2.45, 2.75) is 71.3 Å². The molecule has 58 heavy (non-hydrogen) atoms. The summed E-state index contributed by atoms with van der Waals surface area (Å²) in [5.41, 5.74) is 4.58. The van der Waals surface area contributed by atoms with Crippen LogP contribution in [0.1, 0.15) is 54.0 Å². The number of benzene rings is 1. The fourth-order valence-electron chi connectivity index (χ4n) is 8.94. The topological polar surface area (TPSA) is 127 Å². The molecule has 13 nitrogen and oxygen atoms in total. The molecule has 3 aliphatic heterocycles. The van der Waals surface area contributed by atoms with E-state index in [1.165, 1.54) is 38.9 Å². The van der Waals surface area contributed by atoms with E-state index in [-0.39, 0.29) is 53.5 Å². The van der Waals surface area contributed by atoms with E-state index in [4.69, 9.17) is 9.47 Å². The number of carbonyl (C=O) groups excluding carboxylic acids is 2. The second-order valence-electron chi connectivity index (χ2n) is 16.3. The largest absolute Gasteiger partial charge is 0.435 e. The lowest BCUT2D eigenvalue weighted by atomic mass is 9.90. The third kappa shape index (κ3) is 7.39. The summed E-state index contributed by atoms with van der Waals surface area (Å²) in [6, 6.07) is 6.21. The monoisotopic (exact) mass is 800 g/mol. The van der Waals surface area contributed by atoms with Gasteiger partial charge in [0.05, 0.1) is 17.1 Å². The molecule has 8 rings (SSSR count). The summed E-state index contributed by atoms with van der Waals surface area (Å²) in [7, 11) is 1.55. The number of nitrogens with zero attached hydrogens (tertiary/aromatic N) is 7. The first kappa shape index (κ1) is 39.4. The first-order valence-electron chi connectivity index (χ1n) is 19.6. The molecule has 0 spiro atoms. The molecule has 1 aromatic carbocycles. The maximum atomic E-state index is 14.7. The lowest BCUT2D eigenvalue weighted by Crippen LogP contribution is -2.61. The number of hydrogen-bond acceptors (Lipinski definition) is 9. The molecule has 306 valence electrons. The minimum atomic E-state index is -4.57. The molecular weight excluding hydrogens is 754 g/mol. The number of aromatic nitrogens is 4. The van der Waals surface area contributed by atoms with Crippen molar-refractivity contribution < 1.29 is 32.2 Å². The van der Waals surface area contributed by atoms with Crippen LogP contribution in [0.4, 0.5) is 30.4 Å². The van der Waals surface area contributed by atoms with Gasteiger partial charge in [-0.3, -0.25) is 24.2 Å². The number of amides is 2. The van der Waals surface area contributed by atoms with Crippen LogP contribution < -0.4 is 25.4 Å². The van der Waals surface area contributed by atoms with Gasteiger partial charge in [-0.2, -0.15) is 13.2 Å². The zero-order chi connectivity index (χ0) is 41.1. The van der Waals surface area contributed by atoms with E-state index >= 15 is 0 Å². The average molecular weight is 801 g/mol. The summed E-state index contributed by atoms with van der Waals surface area (Å²) >= 11 is 0. The molecule has 0 radical (unpaired) electrons. The Morgan fingerprint density at radius 3 is 2.59 bits per heavy atom. The molecule has 2 saturated heterocycles. The molecule has 2 fully saturated rings. The molecule has 4 aromatic rings. The highest BCUT2D eigenvalue weighted by atomic mass is 19.4. The fourth-order valence-corrected chi connectivity index (χ4v) is 8.94. The predicted molar refractivity (Wildman–Crippen MR) is 213 cm³/mol. The van der Waals surface area contributed by atoms with Gasteiger partial charge in [0.1, 0.15) is 23.3 Å². The van der Waals surface area contributed by atoms with Gasteiger partial charge in [-0.1, -0.05) is 20.4 Å². The van der Waals surface area contributed by atoms with Crippen LogP contribution in [0.5, 0.6) is 11.6 Å².